The van der Waals surface area contributed by atoms with E-state index in [9.17, 15) is 9.59 Å². The van der Waals surface area contributed by atoms with E-state index >= 15 is 0 Å². The number of allylic oxidation sites excluding steroid dienone is 1. The summed E-state index contributed by atoms with van der Waals surface area (Å²) in [6.07, 6.45) is 4.93. The lowest BCUT2D eigenvalue weighted by Gasteiger charge is -2.23. The van der Waals surface area contributed by atoms with Crippen LogP contribution in [-0.4, -0.2) is 64.6 Å². The van der Waals surface area contributed by atoms with Gasteiger partial charge in [0.25, 0.3) is 0 Å². The van der Waals surface area contributed by atoms with Gasteiger partial charge in [0.15, 0.2) is 5.69 Å². The molecule has 1 aliphatic heterocycles. The molecule has 0 aliphatic carbocycles. The number of esters is 1. The summed E-state index contributed by atoms with van der Waals surface area (Å²) in [6.45, 7) is 5.90. The maximum Gasteiger partial charge on any atom is 0.360 e. The Kier molecular flexibility index (Phi) is 7.81. The number of ether oxygens (including phenoxy) is 1. The van der Waals surface area contributed by atoms with Crippen molar-refractivity contribution in [2.75, 3.05) is 26.7 Å². The van der Waals surface area contributed by atoms with Crippen molar-refractivity contribution in [1.82, 2.24) is 25.2 Å². The number of carbonyl (C=O) groups is 2. The number of nitrogens with one attached hydrogen (secondary N) is 1. The molecular weight excluding hydrogens is 418 g/mol. The Bertz CT molecular complexity index is 958. The van der Waals surface area contributed by atoms with Gasteiger partial charge < -0.3 is 10.1 Å². The fourth-order valence-corrected chi connectivity index (χ4v) is 3.94. The van der Waals surface area contributed by atoms with Gasteiger partial charge in [0, 0.05) is 24.7 Å². The van der Waals surface area contributed by atoms with Crippen LogP contribution >= 0.6 is 11.6 Å². The van der Waals surface area contributed by atoms with Crippen LogP contribution in [0.4, 0.5) is 0 Å². The van der Waals surface area contributed by atoms with Gasteiger partial charge in [0.05, 0.1) is 25.4 Å². The number of carbonyl (C=O) groups excluding carboxylic acids is 2. The third-order valence-electron chi connectivity index (χ3n) is 5.51. The van der Waals surface area contributed by atoms with Crippen LogP contribution < -0.4 is 5.32 Å². The molecule has 1 N–H and O–H groups in total. The van der Waals surface area contributed by atoms with Crippen LogP contribution in [0.3, 0.4) is 0 Å². The van der Waals surface area contributed by atoms with Gasteiger partial charge in [-0.05, 0) is 44.4 Å². The lowest BCUT2D eigenvalue weighted by molar-refractivity contribution is -0.125. The second kappa shape index (κ2) is 10.5. The number of likely N-dealkylation sites (tertiary alicyclic amines) is 1. The highest BCUT2D eigenvalue weighted by Crippen LogP contribution is 2.28. The zero-order valence-electron chi connectivity index (χ0n) is 18.0. The average molecular weight is 446 g/mol. The monoisotopic (exact) mass is 445 g/mol. The Balaban J connectivity index is 1.66. The quantitative estimate of drug-likeness (QED) is 0.496. The normalized spacial score (nSPS) is 19.4. The molecule has 1 aliphatic rings. The number of hydrogen-bond acceptors (Lipinski definition) is 6. The van der Waals surface area contributed by atoms with E-state index in [1.165, 1.54) is 12.7 Å². The van der Waals surface area contributed by atoms with Crippen LogP contribution in [0.15, 0.2) is 42.1 Å². The summed E-state index contributed by atoms with van der Waals surface area (Å²) in [6, 6.07) is 7.30. The molecule has 0 spiro atoms. The molecular formula is C22H28ClN5O3. The molecule has 1 amide bonds. The minimum atomic E-state index is -0.527. The highest BCUT2D eigenvalue weighted by Gasteiger charge is 2.38. The second-order valence-electron chi connectivity index (χ2n) is 7.72. The maximum atomic E-state index is 13.0. The first-order chi connectivity index (χ1) is 14.9. The van der Waals surface area contributed by atoms with Gasteiger partial charge in [-0.3, -0.25) is 9.69 Å². The molecule has 3 rings (SSSR count). The minimum Gasteiger partial charge on any atom is -0.464 e. The Morgan fingerprint density at radius 2 is 2.19 bits per heavy atom. The summed E-state index contributed by atoms with van der Waals surface area (Å²) < 4.78 is 6.36. The minimum absolute atomic E-state index is 0.0123. The van der Waals surface area contributed by atoms with Crippen LogP contribution in [0.2, 0.25) is 5.02 Å². The molecule has 1 saturated heterocycles. The zero-order chi connectivity index (χ0) is 22.4. The van der Waals surface area contributed by atoms with Crippen molar-refractivity contribution in [3.63, 3.8) is 0 Å². The first-order valence-electron chi connectivity index (χ1n) is 10.3. The number of nitrogens with zero attached hydrogens (tertiary/aromatic N) is 4. The lowest BCUT2D eigenvalue weighted by Crippen LogP contribution is -2.44. The van der Waals surface area contributed by atoms with Crippen molar-refractivity contribution in [2.24, 2.45) is 0 Å². The number of halogens is 1. The smallest absolute Gasteiger partial charge is 0.360 e. The highest BCUT2D eigenvalue weighted by atomic mass is 35.5. The molecule has 31 heavy (non-hydrogen) atoms. The Labute approximate surface area is 187 Å². The van der Waals surface area contributed by atoms with Crippen LogP contribution in [0.5, 0.6) is 0 Å². The zero-order valence-corrected chi connectivity index (χ0v) is 18.8. The van der Waals surface area contributed by atoms with Gasteiger partial charge in [0.2, 0.25) is 5.91 Å². The van der Waals surface area contributed by atoms with Crippen LogP contribution in [0.1, 0.15) is 42.4 Å². The third kappa shape index (κ3) is 5.92. The van der Waals surface area contributed by atoms with Crippen molar-refractivity contribution in [2.45, 2.75) is 38.8 Å². The number of rotatable bonds is 8. The standard InChI is InChI=1S/C22H28ClN5O3/c1-4-15(2)12-27-13-18(28-14-19(25-26-28)22(30)31-3)11-20(27)21(29)24-9-8-16-6-5-7-17(23)10-16/h4-7,10,14,18,20H,8-9,11-13H2,1-3H3,(H,24,29)/t18-,20-/m0/s1. The fraction of sp³-hybridized carbons (Fsp3) is 0.455. The number of benzene rings is 1. The third-order valence-corrected chi connectivity index (χ3v) is 5.75. The van der Waals surface area contributed by atoms with Gasteiger partial charge in [-0.25, -0.2) is 9.48 Å². The number of hydrogen-bond donors (Lipinski definition) is 1. The average Bonchev–Trinajstić information content (AvgIpc) is 3.40. The van der Waals surface area contributed by atoms with Crippen LogP contribution in [0.25, 0.3) is 0 Å². The fourth-order valence-electron chi connectivity index (χ4n) is 3.72. The largest absolute Gasteiger partial charge is 0.464 e. The number of amides is 1. The van der Waals surface area contributed by atoms with Crippen molar-refractivity contribution < 1.29 is 14.3 Å². The highest BCUT2D eigenvalue weighted by molar-refractivity contribution is 6.30. The molecule has 8 nitrogen and oxygen atoms in total. The molecule has 1 fully saturated rings. The van der Waals surface area contributed by atoms with Crippen LogP contribution in [-0.2, 0) is 16.0 Å². The van der Waals surface area contributed by atoms with Gasteiger partial charge >= 0.3 is 5.97 Å². The van der Waals surface area contributed by atoms with E-state index in [-0.39, 0.29) is 23.7 Å². The molecule has 2 atom stereocenters. The summed E-state index contributed by atoms with van der Waals surface area (Å²) in [5, 5.41) is 11.7. The predicted molar refractivity (Wildman–Crippen MR) is 118 cm³/mol. The molecule has 0 radical (unpaired) electrons. The van der Waals surface area contributed by atoms with E-state index in [0.717, 1.165) is 5.56 Å². The molecule has 1 aromatic carbocycles. The number of aromatic nitrogens is 3. The maximum absolute atomic E-state index is 13.0. The van der Waals surface area contributed by atoms with E-state index in [1.807, 2.05) is 44.2 Å². The van der Waals surface area contributed by atoms with Gasteiger partial charge in [-0.15, -0.1) is 5.10 Å². The molecule has 0 bridgehead atoms. The summed E-state index contributed by atoms with van der Waals surface area (Å²) in [7, 11) is 1.31. The van der Waals surface area contributed by atoms with E-state index in [0.29, 0.717) is 37.5 Å². The topological polar surface area (TPSA) is 89.3 Å². The van der Waals surface area contributed by atoms with Crippen LogP contribution in [0, 0.1) is 0 Å². The van der Waals surface area contributed by atoms with Gasteiger partial charge in [-0.2, -0.15) is 0 Å². The number of methoxy groups -OCH3 is 1. The molecule has 9 heteroatoms. The van der Waals surface area contributed by atoms with E-state index in [2.05, 4.69) is 20.5 Å². The van der Waals surface area contributed by atoms with Crippen molar-refractivity contribution in [3.8, 4) is 0 Å². The summed E-state index contributed by atoms with van der Waals surface area (Å²) in [5.74, 6) is -0.539. The molecule has 0 saturated carbocycles. The van der Waals surface area contributed by atoms with Crippen molar-refractivity contribution >= 4 is 23.5 Å². The Morgan fingerprint density at radius 3 is 2.90 bits per heavy atom. The molecule has 1 aromatic heterocycles. The van der Waals surface area contributed by atoms with E-state index in [1.54, 1.807) is 10.9 Å². The molecule has 166 valence electrons. The van der Waals surface area contributed by atoms with E-state index < -0.39 is 5.97 Å². The molecule has 0 unspecified atom stereocenters. The summed E-state index contributed by atoms with van der Waals surface area (Å²) in [4.78, 5) is 26.8. The molecule has 2 heterocycles. The van der Waals surface area contributed by atoms with Gasteiger partial charge in [-0.1, -0.05) is 40.6 Å². The SMILES string of the molecule is CC=C(C)CN1C[C@@H](n2cc(C(=O)OC)nn2)C[C@H]1C(=O)NCCc1cccc(Cl)c1. The Morgan fingerprint density at radius 1 is 1.39 bits per heavy atom. The Hall–Kier alpha value is -2.71. The summed E-state index contributed by atoms with van der Waals surface area (Å²) >= 11 is 6.03. The second-order valence-corrected chi connectivity index (χ2v) is 8.15. The predicted octanol–water partition coefficient (Wildman–Crippen LogP) is 2.66. The van der Waals surface area contributed by atoms with Crippen molar-refractivity contribution in [1.29, 1.82) is 0 Å². The summed E-state index contributed by atoms with van der Waals surface area (Å²) in [5.41, 5.74) is 2.43. The van der Waals surface area contributed by atoms with E-state index in [4.69, 9.17) is 16.3 Å². The van der Waals surface area contributed by atoms with Crippen molar-refractivity contribution in [3.05, 3.63) is 58.4 Å². The lowest BCUT2D eigenvalue weighted by atomic mass is 10.1. The van der Waals surface area contributed by atoms with Gasteiger partial charge in [0.1, 0.15) is 0 Å². The first-order valence-corrected chi connectivity index (χ1v) is 10.7. The first kappa shape index (κ1) is 23.0. The molecule has 2 aromatic rings.